The van der Waals surface area contributed by atoms with E-state index >= 15 is 0 Å². The predicted octanol–water partition coefficient (Wildman–Crippen LogP) is 2.92. The Morgan fingerprint density at radius 1 is 1.44 bits per heavy atom. The molecule has 3 heterocycles. The van der Waals surface area contributed by atoms with Crippen molar-refractivity contribution in [3.8, 4) is 11.5 Å². The van der Waals surface area contributed by atoms with Gasteiger partial charge in [0.2, 0.25) is 4.96 Å². The van der Waals surface area contributed by atoms with E-state index in [1.54, 1.807) is 11.3 Å². The molecule has 0 saturated carbocycles. The highest BCUT2D eigenvalue weighted by molar-refractivity contribution is 7.16. The average molecular weight is 233 g/mol. The predicted molar refractivity (Wildman–Crippen MR) is 62.7 cm³/mol. The number of hydrogen-bond acceptors (Lipinski definition) is 4. The summed E-state index contributed by atoms with van der Waals surface area (Å²) in [7, 11) is 0. The Hall–Kier alpha value is -1.62. The summed E-state index contributed by atoms with van der Waals surface area (Å²) in [4.78, 5) is 5.41. The first-order valence-corrected chi connectivity index (χ1v) is 6.00. The molecule has 0 aromatic carbocycles. The van der Waals surface area contributed by atoms with Crippen LogP contribution in [-0.2, 0) is 6.42 Å². The van der Waals surface area contributed by atoms with Gasteiger partial charge in [0.15, 0.2) is 5.76 Å². The van der Waals surface area contributed by atoms with E-state index in [4.69, 9.17) is 4.42 Å². The zero-order valence-corrected chi connectivity index (χ0v) is 9.91. The highest BCUT2D eigenvalue weighted by Crippen LogP contribution is 2.23. The fourth-order valence-electron chi connectivity index (χ4n) is 1.58. The van der Waals surface area contributed by atoms with Gasteiger partial charge in [-0.05, 0) is 25.5 Å². The van der Waals surface area contributed by atoms with Crippen molar-refractivity contribution in [3.63, 3.8) is 0 Å². The second-order valence-corrected chi connectivity index (χ2v) is 4.65. The van der Waals surface area contributed by atoms with E-state index in [1.165, 1.54) is 0 Å². The summed E-state index contributed by atoms with van der Waals surface area (Å²) in [5, 5.41) is 5.52. The van der Waals surface area contributed by atoms with E-state index < -0.39 is 0 Å². The minimum atomic E-state index is 0.799. The normalized spacial score (nSPS) is 11.4. The van der Waals surface area contributed by atoms with Crippen LogP contribution in [0.15, 0.2) is 22.7 Å². The van der Waals surface area contributed by atoms with Crippen molar-refractivity contribution >= 4 is 16.3 Å². The maximum absolute atomic E-state index is 5.53. The molecule has 0 spiro atoms. The molecule has 3 rings (SSSR count). The van der Waals surface area contributed by atoms with Crippen molar-refractivity contribution in [1.29, 1.82) is 0 Å². The Bertz CT molecular complexity index is 603. The minimum absolute atomic E-state index is 0.799. The van der Waals surface area contributed by atoms with E-state index in [0.29, 0.717) is 0 Å². The second-order valence-electron chi connectivity index (χ2n) is 3.61. The number of fused-ring (bicyclic) bond motifs is 1. The Balaban J connectivity index is 2.09. The molecule has 0 radical (unpaired) electrons. The molecule has 0 unspecified atom stereocenters. The van der Waals surface area contributed by atoms with Crippen LogP contribution in [0.2, 0.25) is 0 Å². The van der Waals surface area contributed by atoms with Crippen LogP contribution in [0.4, 0.5) is 0 Å². The van der Waals surface area contributed by atoms with Gasteiger partial charge in [-0.15, -0.1) is 0 Å². The quantitative estimate of drug-likeness (QED) is 0.683. The lowest BCUT2D eigenvalue weighted by atomic mass is 10.3. The maximum Gasteiger partial charge on any atom is 0.212 e. The Labute approximate surface area is 96.5 Å². The molecule has 4 nitrogen and oxygen atoms in total. The van der Waals surface area contributed by atoms with E-state index in [9.17, 15) is 0 Å². The number of imidazole rings is 1. The molecule has 0 saturated heterocycles. The first-order valence-electron chi connectivity index (χ1n) is 5.18. The maximum atomic E-state index is 5.53. The molecule has 3 aromatic rings. The van der Waals surface area contributed by atoms with Crippen molar-refractivity contribution in [3.05, 3.63) is 29.1 Å². The smallest absolute Gasteiger partial charge is 0.212 e. The summed E-state index contributed by atoms with van der Waals surface area (Å²) in [5.74, 6) is 1.70. The lowest BCUT2D eigenvalue weighted by molar-refractivity contribution is 0.547. The number of aryl methyl sites for hydroxylation is 2. The fraction of sp³-hybridized carbons (Fsp3) is 0.273. The molecule has 0 aliphatic rings. The number of aromatic nitrogens is 3. The summed E-state index contributed by atoms with van der Waals surface area (Å²) < 4.78 is 7.34. The standard InChI is InChI=1S/C11H11N3OS/c1-3-10-13-14-6-8(12-11(14)16-10)9-5-4-7(2)15-9/h4-6H,3H2,1-2H3. The van der Waals surface area contributed by atoms with Crippen LogP contribution in [0.25, 0.3) is 16.4 Å². The number of nitrogens with zero attached hydrogens (tertiary/aromatic N) is 3. The van der Waals surface area contributed by atoms with E-state index in [-0.39, 0.29) is 0 Å². The summed E-state index contributed by atoms with van der Waals surface area (Å²) in [6, 6.07) is 3.87. The summed E-state index contributed by atoms with van der Waals surface area (Å²) >= 11 is 1.62. The SMILES string of the molecule is CCc1nn2cc(-c3ccc(C)o3)nc2s1. The third-order valence-corrected chi connectivity index (χ3v) is 3.45. The van der Waals surface area contributed by atoms with Crippen molar-refractivity contribution in [1.82, 2.24) is 14.6 Å². The lowest BCUT2D eigenvalue weighted by Crippen LogP contribution is -1.83. The van der Waals surface area contributed by atoms with Gasteiger partial charge in [-0.2, -0.15) is 5.10 Å². The third kappa shape index (κ3) is 1.44. The molecule has 3 aromatic heterocycles. The van der Waals surface area contributed by atoms with Crippen molar-refractivity contribution in [2.24, 2.45) is 0 Å². The molecule has 0 aliphatic carbocycles. The van der Waals surface area contributed by atoms with Crippen LogP contribution in [0.1, 0.15) is 17.7 Å². The molecular formula is C11H11N3OS. The van der Waals surface area contributed by atoms with Gasteiger partial charge in [0, 0.05) is 0 Å². The number of furan rings is 1. The van der Waals surface area contributed by atoms with Crippen LogP contribution in [-0.4, -0.2) is 14.6 Å². The van der Waals surface area contributed by atoms with E-state index in [0.717, 1.165) is 33.6 Å². The molecule has 16 heavy (non-hydrogen) atoms. The molecule has 82 valence electrons. The van der Waals surface area contributed by atoms with Crippen LogP contribution >= 0.6 is 11.3 Å². The van der Waals surface area contributed by atoms with Gasteiger partial charge < -0.3 is 4.42 Å². The molecule has 0 atom stereocenters. The largest absolute Gasteiger partial charge is 0.460 e. The Morgan fingerprint density at radius 3 is 2.94 bits per heavy atom. The first kappa shape index (κ1) is 9.59. The highest BCUT2D eigenvalue weighted by atomic mass is 32.1. The zero-order valence-electron chi connectivity index (χ0n) is 9.10. The highest BCUT2D eigenvalue weighted by Gasteiger charge is 2.10. The van der Waals surface area contributed by atoms with Crippen LogP contribution in [0.3, 0.4) is 0 Å². The Morgan fingerprint density at radius 2 is 2.31 bits per heavy atom. The second kappa shape index (κ2) is 3.45. The first-order chi connectivity index (χ1) is 7.76. The number of rotatable bonds is 2. The molecular weight excluding hydrogens is 222 g/mol. The number of hydrogen-bond donors (Lipinski definition) is 0. The van der Waals surface area contributed by atoms with Crippen molar-refractivity contribution in [2.75, 3.05) is 0 Å². The minimum Gasteiger partial charge on any atom is -0.460 e. The molecule has 0 bridgehead atoms. The van der Waals surface area contributed by atoms with Gasteiger partial charge in [0.05, 0.1) is 6.20 Å². The fourth-order valence-corrected chi connectivity index (χ4v) is 2.39. The van der Waals surface area contributed by atoms with Crippen LogP contribution < -0.4 is 0 Å². The monoisotopic (exact) mass is 233 g/mol. The van der Waals surface area contributed by atoms with Crippen molar-refractivity contribution < 1.29 is 4.42 Å². The molecule has 0 amide bonds. The molecule has 0 fully saturated rings. The molecule has 5 heteroatoms. The third-order valence-electron chi connectivity index (χ3n) is 2.38. The van der Waals surface area contributed by atoms with E-state index in [2.05, 4.69) is 17.0 Å². The van der Waals surface area contributed by atoms with Gasteiger partial charge in [-0.3, -0.25) is 0 Å². The molecule has 0 aliphatic heterocycles. The lowest BCUT2D eigenvalue weighted by Gasteiger charge is -1.87. The van der Waals surface area contributed by atoms with Gasteiger partial charge in [0.25, 0.3) is 0 Å². The van der Waals surface area contributed by atoms with E-state index in [1.807, 2.05) is 29.8 Å². The topological polar surface area (TPSA) is 43.3 Å². The van der Waals surface area contributed by atoms with Gasteiger partial charge in [-0.1, -0.05) is 18.3 Å². The summed E-state index contributed by atoms with van der Waals surface area (Å²) in [5.41, 5.74) is 0.842. The summed E-state index contributed by atoms with van der Waals surface area (Å²) in [6.07, 6.45) is 2.85. The van der Waals surface area contributed by atoms with Gasteiger partial charge in [-0.25, -0.2) is 9.50 Å². The Kier molecular flexibility index (Phi) is 2.07. The average Bonchev–Trinajstić information content (AvgIpc) is 2.89. The molecule has 0 N–H and O–H groups in total. The summed E-state index contributed by atoms with van der Waals surface area (Å²) in [6.45, 7) is 4.02. The van der Waals surface area contributed by atoms with Gasteiger partial charge in [0.1, 0.15) is 16.5 Å². The van der Waals surface area contributed by atoms with Crippen LogP contribution in [0.5, 0.6) is 0 Å². The van der Waals surface area contributed by atoms with Crippen LogP contribution in [0, 0.1) is 6.92 Å². The zero-order chi connectivity index (χ0) is 11.1. The van der Waals surface area contributed by atoms with Gasteiger partial charge >= 0.3 is 0 Å². The van der Waals surface area contributed by atoms with Crippen molar-refractivity contribution in [2.45, 2.75) is 20.3 Å².